The monoisotopic (exact) mass is 233 g/mol. The first kappa shape index (κ1) is 14.0. The van der Waals surface area contributed by atoms with Gasteiger partial charge in [-0.3, -0.25) is 4.79 Å². The number of pyridine rings is 1. The summed E-state index contributed by atoms with van der Waals surface area (Å²) >= 11 is 0. The lowest BCUT2D eigenvalue weighted by molar-refractivity contribution is 0.278. The molecule has 1 aromatic heterocycles. The molecule has 0 amide bonds. The number of aromatic hydroxyl groups is 1. The molecule has 0 unspecified atom stereocenters. The maximum atomic E-state index is 11.1. The molecule has 5 heteroatoms. The summed E-state index contributed by atoms with van der Waals surface area (Å²) in [7, 11) is 0. The Morgan fingerprint density at radius 3 is 2.67 bits per heavy atom. The summed E-state index contributed by atoms with van der Waals surface area (Å²) < 4.78 is 1.80. The Bertz CT molecular complexity index is 362. The minimum Gasteiger partial charge on any atom is -0.503 e. The number of hydrogen-bond acceptors (Lipinski definition) is 3. The number of aromatic nitrogens is 1. The van der Waals surface area contributed by atoms with Gasteiger partial charge in [0.05, 0.1) is 5.69 Å². The molecule has 1 rings (SSSR count). The molecule has 1 aromatic rings. The van der Waals surface area contributed by atoms with Gasteiger partial charge in [0.1, 0.15) is 0 Å². The van der Waals surface area contributed by atoms with E-state index in [1.165, 1.54) is 6.07 Å². The molecule has 0 saturated heterocycles. The maximum Gasteiger partial charge on any atom is 0.223 e. The third-order valence-electron chi connectivity index (χ3n) is 2.15. The smallest absolute Gasteiger partial charge is 0.223 e. The summed E-state index contributed by atoms with van der Waals surface area (Å²) in [6.07, 6.45) is 2.87. The number of aliphatic hydroxyl groups excluding tert-OH is 1. The van der Waals surface area contributed by atoms with Crippen LogP contribution in [0.15, 0.2) is 17.1 Å². The number of nitrogens with zero attached hydrogens (tertiary/aromatic N) is 1. The Labute approximate surface area is 94.6 Å². The molecule has 0 atom stereocenters. The van der Waals surface area contributed by atoms with Crippen LogP contribution in [0.1, 0.15) is 19.0 Å². The van der Waals surface area contributed by atoms with E-state index >= 15 is 0 Å². The molecular weight excluding hydrogens is 218 g/mol. The largest absolute Gasteiger partial charge is 0.503 e. The van der Waals surface area contributed by atoms with Crippen LogP contribution in [0.3, 0.4) is 0 Å². The summed E-state index contributed by atoms with van der Waals surface area (Å²) in [6.45, 7) is 2.60. The molecule has 4 nitrogen and oxygen atoms in total. The minimum absolute atomic E-state index is 0. The summed E-state index contributed by atoms with van der Waals surface area (Å²) in [5.41, 5.74) is 0.285. The number of hydrogen-bond donors (Lipinski definition) is 2. The summed E-state index contributed by atoms with van der Waals surface area (Å²) in [5.74, 6) is -0.173. The predicted octanol–water partition coefficient (Wildman–Crippen LogP) is 0.920. The highest BCUT2D eigenvalue weighted by Gasteiger charge is 2.06. The van der Waals surface area contributed by atoms with E-state index in [4.69, 9.17) is 5.11 Å². The van der Waals surface area contributed by atoms with Crippen molar-refractivity contribution in [1.29, 1.82) is 0 Å². The van der Waals surface area contributed by atoms with Crippen molar-refractivity contribution in [2.75, 3.05) is 6.61 Å². The van der Waals surface area contributed by atoms with E-state index < -0.39 is 0 Å². The molecule has 0 bridgehead atoms. The van der Waals surface area contributed by atoms with Gasteiger partial charge in [-0.25, -0.2) is 0 Å². The van der Waals surface area contributed by atoms with Crippen LogP contribution in [-0.4, -0.2) is 21.4 Å². The predicted molar refractivity (Wildman–Crippen MR) is 60.7 cm³/mol. The van der Waals surface area contributed by atoms with Crippen LogP contribution in [0, 0.1) is 0 Å². The molecule has 2 N–H and O–H groups in total. The van der Waals surface area contributed by atoms with Crippen molar-refractivity contribution in [3.8, 4) is 5.75 Å². The number of aliphatic hydroxyl groups is 1. The van der Waals surface area contributed by atoms with Crippen LogP contribution in [0.4, 0.5) is 0 Å². The van der Waals surface area contributed by atoms with Crippen molar-refractivity contribution in [1.82, 2.24) is 4.57 Å². The second kappa shape index (κ2) is 6.48. The zero-order chi connectivity index (χ0) is 10.6. The van der Waals surface area contributed by atoms with Crippen molar-refractivity contribution in [3.05, 3.63) is 28.2 Å². The fourth-order valence-electron chi connectivity index (χ4n) is 1.43. The van der Waals surface area contributed by atoms with Crippen LogP contribution in [0.25, 0.3) is 0 Å². The van der Waals surface area contributed by atoms with Gasteiger partial charge >= 0.3 is 0 Å². The van der Waals surface area contributed by atoms with Crippen molar-refractivity contribution in [2.24, 2.45) is 0 Å². The van der Waals surface area contributed by atoms with Crippen LogP contribution in [-0.2, 0) is 13.0 Å². The molecule has 0 aromatic carbocycles. The summed E-state index contributed by atoms with van der Waals surface area (Å²) in [4.78, 5) is 11.1. The van der Waals surface area contributed by atoms with E-state index in [-0.39, 0.29) is 30.2 Å². The van der Waals surface area contributed by atoms with E-state index in [0.29, 0.717) is 25.1 Å². The highest BCUT2D eigenvalue weighted by atomic mass is 35.5. The Morgan fingerprint density at radius 1 is 1.47 bits per heavy atom. The molecule has 0 spiro atoms. The molecule has 0 aliphatic carbocycles. The first-order chi connectivity index (χ1) is 6.70. The second-order valence-corrected chi connectivity index (χ2v) is 3.10. The summed E-state index contributed by atoms with van der Waals surface area (Å²) in [5, 5.41) is 18.2. The highest BCUT2D eigenvalue weighted by molar-refractivity contribution is 5.85. The lowest BCUT2D eigenvalue weighted by atomic mass is 10.2. The van der Waals surface area contributed by atoms with Crippen molar-refractivity contribution >= 4 is 12.4 Å². The van der Waals surface area contributed by atoms with E-state index in [0.717, 1.165) is 0 Å². The Balaban J connectivity index is 0.00000196. The first-order valence-corrected chi connectivity index (χ1v) is 4.72. The zero-order valence-corrected chi connectivity index (χ0v) is 9.46. The molecule has 0 saturated carbocycles. The van der Waals surface area contributed by atoms with Gasteiger partial charge in [0.2, 0.25) is 5.43 Å². The molecule has 0 aliphatic rings. The van der Waals surface area contributed by atoms with Crippen molar-refractivity contribution in [2.45, 2.75) is 26.3 Å². The van der Waals surface area contributed by atoms with Gasteiger partial charge in [-0.1, -0.05) is 6.92 Å². The average molecular weight is 234 g/mol. The minimum atomic E-state index is -0.345. The second-order valence-electron chi connectivity index (χ2n) is 3.10. The lowest BCUT2D eigenvalue weighted by Gasteiger charge is -2.12. The molecule has 0 fully saturated rings. The first-order valence-electron chi connectivity index (χ1n) is 4.72. The topological polar surface area (TPSA) is 62.5 Å². The zero-order valence-electron chi connectivity index (χ0n) is 8.64. The van der Waals surface area contributed by atoms with Crippen LogP contribution in [0.2, 0.25) is 0 Å². The Kier molecular flexibility index (Phi) is 6.05. The number of halogens is 1. The van der Waals surface area contributed by atoms with Gasteiger partial charge in [0.15, 0.2) is 5.75 Å². The molecule has 0 aliphatic heterocycles. The third kappa shape index (κ3) is 3.25. The van der Waals surface area contributed by atoms with Gasteiger partial charge in [0.25, 0.3) is 0 Å². The van der Waals surface area contributed by atoms with Crippen LogP contribution < -0.4 is 5.43 Å². The van der Waals surface area contributed by atoms with Gasteiger partial charge in [-0.2, -0.15) is 0 Å². The van der Waals surface area contributed by atoms with Crippen molar-refractivity contribution < 1.29 is 10.2 Å². The molecule has 86 valence electrons. The normalized spacial score (nSPS) is 9.73. The third-order valence-corrected chi connectivity index (χ3v) is 2.15. The Morgan fingerprint density at radius 2 is 2.13 bits per heavy atom. The molecular formula is C10H16ClNO3. The van der Waals surface area contributed by atoms with E-state index in [1.54, 1.807) is 10.8 Å². The van der Waals surface area contributed by atoms with E-state index in [9.17, 15) is 9.90 Å². The fourth-order valence-corrected chi connectivity index (χ4v) is 1.43. The summed E-state index contributed by atoms with van der Waals surface area (Å²) in [6, 6.07) is 1.34. The fraction of sp³-hybridized carbons (Fsp3) is 0.500. The standard InChI is InChI=1S/C10H15NO3.ClH/c1-2-8-10(14)9(13)4-6-11(8)5-3-7-12;/h4,6,12,14H,2-3,5,7H2,1H3;1H. The van der Waals surface area contributed by atoms with E-state index in [1.807, 2.05) is 6.92 Å². The lowest BCUT2D eigenvalue weighted by Crippen LogP contribution is -2.12. The van der Waals surface area contributed by atoms with Gasteiger partial charge in [-0.05, 0) is 12.8 Å². The highest BCUT2D eigenvalue weighted by Crippen LogP contribution is 2.12. The maximum absolute atomic E-state index is 11.1. The number of rotatable bonds is 4. The number of aryl methyl sites for hydroxylation is 1. The van der Waals surface area contributed by atoms with Gasteiger partial charge < -0.3 is 14.8 Å². The molecule has 0 radical (unpaired) electrons. The Hall–Kier alpha value is -1.00. The quantitative estimate of drug-likeness (QED) is 0.813. The van der Waals surface area contributed by atoms with Crippen molar-refractivity contribution in [3.63, 3.8) is 0 Å². The molecule has 1 heterocycles. The van der Waals surface area contributed by atoms with E-state index in [2.05, 4.69) is 0 Å². The average Bonchev–Trinajstić information content (AvgIpc) is 2.20. The van der Waals surface area contributed by atoms with Gasteiger partial charge in [0, 0.05) is 25.4 Å². The SMILES string of the molecule is CCc1c(O)c(=O)ccn1CCCO.Cl. The molecule has 15 heavy (non-hydrogen) atoms. The van der Waals surface area contributed by atoms with Crippen LogP contribution in [0.5, 0.6) is 5.75 Å². The van der Waals surface area contributed by atoms with Gasteiger partial charge in [-0.15, -0.1) is 12.4 Å². The van der Waals surface area contributed by atoms with Crippen LogP contribution >= 0.6 is 12.4 Å².